The molecule has 0 unspecified atom stereocenters. The third kappa shape index (κ3) is 4.36. The molecule has 1 saturated heterocycles. The largest absolute Gasteiger partial charge is 0.495 e. The lowest BCUT2D eigenvalue weighted by Crippen LogP contribution is -2.27. The number of anilines is 1. The molecule has 0 spiro atoms. The Morgan fingerprint density at radius 2 is 1.83 bits per heavy atom. The molecule has 0 radical (unpaired) electrons. The molecule has 1 fully saturated rings. The number of thioether (sulfide) groups is 1. The Bertz CT molecular complexity index is 1000. The topological polar surface area (TPSA) is 85.3 Å². The molecule has 0 atom stereocenters. The van der Waals surface area contributed by atoms with Crippen molar-refractivity contribution in [3.8, 4) is 17.2 Å². The first-order valence-electron chi connectivity index (χ1n) is 8.38. The van der Waals surface area contributed by atoms with Crippen molar-refractivity contribution in [3.05, 3.63) is 52.9 Å². The number of methoxy groups -OCH3 is 2. The molecule has 1 amide bonds. The van der Waals surface area contributed by atoms with Crippen LogP contribution in [0.25, 0.3) is 6.08 Å². The van der Waals surface area contributed by atoms with Gasteiger partial charge in [0.05, 0.1) is 24.8 Å². The first-order chi connectivity index (χ1) is 14.0. The Balaban J connectivity index is 1.99. The number of thiocarbonyl (C=S) groups is 1. The molecule has 0 saturated carbocycles. The summed E-state index contributed by atoms with van der Waals surface area (Å²) in [6.45, 7) is -0.538. The van der Waals surface area contributed by atoms with Crippen molar-refractivity contribution in [3.63, 3.8) is 0 Å². The quantitative estimate of drug-likeness (QED) is 0.526. The number of benzene rings is 2. The van der Waals surface area contributed by atoms with Crippen LogP contribution in [-0.4, -0.2) is 42.1 Å². The minimum absolute atomic E-state index is 0.236. The highest BCUT2D eigenvalue weighted by molar-refractivity contribution is 8.27. The number of nitrogens with zero attached hydrogens (tertiary/aromatic N) is 1. The first kappa shape index (κ1) is 20.7. The summed E-state index contributed by atoms with van der Waals surface area (Å²) in [5.74, 6) is -0.307. The fourth-order valence-corrected chi connectivity index (χ4v) is 4.00. The van der Waals surface area contributed by atoms with Gasteiger partial charge in [0.15, 0.2) is 22.4 Å². The van der Waals surface area contributed by atoms with Gasteiger partial charge < -0.3 is 19.3 Å². The predicted molar refractivity (Wildman–Crippen MR) is 115 cm³/mol. The van der Waals surface area contributed by atoms with Gasteiger partial charge in [-0.25, -0.2) is 4.79 Å². The summed E-state index contributed by atoms with van der Waals surface area (Å²) in [6, 6.07) is 12.2. The second-order valence-electron chi connectivity index (χ2n) is 5.75. The number of carbonyl (C=O) groups is 2. The molecular formula is C20H17NO6S2. The van der Waals surface area contributed by atoms with Gasteiger partial charge in [-0.1, -0.05) is 48.2 Å². The molecule has 1 N–H and O–H groups in total. The maximum absolute atomic E-state index is 13.0. The van der Waals surface area contributed by atoms with Gasteiger partial charge in [0.1, 0.15) is 5.75 Å². The molecule has 2 aromatic carbocycles. The number of aliphatic carboxylic acids is 1. The molecule has 0 bridgehead atoms. The number of para-hydroxylation sites is 3. The van der Waals surface area contributed by atoms with Crippen LogP contribution in [0.15, 0.2) is 47.4 Å². The summed E-state index contributed by atoms with van der Waals surface area (Å²) in [5.41, 5.74) is 1.06. The Kier molecular flexibility index (Phi) is 6.40. The Hall–Kier alpha value is -3.04. The highest BCUT2D eigenvalue weighted by atomic mass is 32.2. The number of carbonyl (C=O) groups excluding carboxylic acids is 1. The monoisotopic (exact) mass is 431 g/mol. The second kappa shape index (κ2) is 8.97. The van der Waals surface area contributed by atoms with Crippen LogP contribution in [0.3, 0.4) is 0 Å². The fourth-order valence-electron chi connectivity index (χ4n) is 2.73. The number of hydrogen-bond donors (Lipinski definition) is 1. The summed E-state index contributed by atoms with van der Waals surface area (Å²) in [6.07, 6.45) is 1.61. The fraction of sp³-hybridized carbons (Fsp3) is 0.150. The van der Waals surface area contributed by atoms with E-state index >= 15 is 0 Å². The number of rotatable bonds is 7. The maximum Gasteiger partial charge on any atom is 0.341 e. The molecule has 0 aromatic heterocycles. The number of carboxylic acids is 1. The molecule has 0 aliphatic carbocycles. The maximum atomic E-state index is 13.0. The highest BCUT2D eigenvalue weighted by Crippen LogP contribution is 2.41. The molecule has 7 nitrogen and oxygen atoms in total. The normalized spacial score (nSPS) is 15.0. The zero-order chi connectivity index (χ0) is 21.0. The third-order valence-electron chi connectivity index (χ3n) is 3.98. The van der Waals surface area contributed by atoms with E-state index in [2.05, 4.69) is 0 Å². The van der Waals surface area contributed by atoms with Gasteiger partial charge in [0.2, 0.25) is 0 Å². The third-order valence-corrected chi connectivity index (χ3v) is 5.28. The average Bonchev–Trinajstić information content (AvgIpc) is 2.99. The van der Waals surface area contributed by atoms with E-state index in [4.69, 9.17) is 31.5 Å². The second-order valence-corrected chi connectivity index (χ2v) is 7.43. The molecule has 9 heteroatoms. The van der Waals surface area contributed by atoms with Crippen molar-refractivity contribution < 1.29 is 28.9 Å². The van der Waals surface area contributed by atoms with Crippen molar-refractivity contribution in [1.29, 1.82) is 0 Å². The van der Waals surface area contributed by atoms with Crippen molar-refractivity contribution in [2.45, 2.75) is 0 Å². The van der Waals surface area contributed by atoms with Gasteiger partial charge in [-0.15, -0.1) is 0 Å². The van der Waals surface area contributed by atoms with Gasteiger partial charge in [0, 0.05) is 5.56 Å². The lowest BCUT2D eigenvalue weighted by molar-refractivity contribution is -0.139. The Morgan fingerprint density at radius 3 is 2.52 bits per heavy atom. The van der Waals surface area contributed by atoms with Crippen LogP contribution in [0.4, 0.5) is 5.69 Å². The number of hydrogen-bond acceptors (Lipinski definition) is 7. The minimum Gasteiger partial charge on any atom is -0.495 e. The van der Waals surface area contributed by atoms with Crippen LogP contribution < -0.4 is 19.1 Å². The zero-order valence-electron chi connectivity index (χ0n) is 15.6. The van der Waals surface area contributed by atoms with E-state index in [1.165, 1.54) is 19.1 Å². The van der Waals surface area contributed by atoms with Crippen molar-refractivity contribution in [2.75, 3.05) is 25.7 Å². The van der Waals surface area contributed by atoms with Gasteiger partial charge in [-0.2, -0.15) is 0 Å². The molecule has 1 aliphatic heterocycles. The van der Waals surface area contributed by atoms with Crippen LogP contribution >= 0.6 is 24.0 Å². The Morgan fingerprint density at radius 1 is 1.14 bits per heavy atom. The molecular weight excluding hydrogens is 414 g/mol. The Labute approximate surface area is 176 Å². The van der Waals surface area contributed by atoms with Gasteiger partial charge in [-0.3, -0.25) is 9.69 Å². The number of carboxylic acid groups (broad SMARTS) is 1. The lowest BCUT2D eigenvalue weighted by Gasteiger charge is -2.17. The average molecular weight is 431 g/mol. The van der Waals surface area contributed by atoms with Crippen LogP contribution in [-0.2, 0) is 9.59 Å². The van der Waals surface area contributed by atoms with E-state index in [-0.39, 0.29) is 11.7 Å². The standard InChI is InChI=1S/C20H17NO6S2/c1-25-14-8-4-3-7-13(14)21-19(24)16(29-20(21)28)10-12-6-5-9-15(26-2)18(12)27-11-17(22)23/h3-10H,11H2,1-2H3,(H,22,23)/b16-10+. The summed E-state index contributed by atoms with van der Waals surface area (Å²) < 4.78 is 16.3. The van der Waals surface area contributed by atoms with Crippen molar-refractivity contribution >= 4 is 51.9 Å². The summed E-state index contributed by atoms with van der Waals surface area (Å²) >= 11 is 6.54. The van der Waals surface area contributed by atoms with Gasteiger partial charge in [0.25, 0.3) is 5.91 Å². The first-order valence-corrected chi connectivity index (χ1v) is 9.61. The van der Waals surface area contributed by atoms with Gasteiger partial charge in [-0.05, 0) is 24.3 Å². The molecule has 2 aromatic rings. The number of amides is 1. The van der Waals surface area contributed by atoms with E-state index in [0.29, 0.717) is 32.0 Å². The predicted octanol–water partition coefficient (Wildman–Crippen LogP) is 3.57. The minimum atomic E-state index is -1.12. The van der Waals surface area contributed by atoms with Crippen LogP contribution in [0, 0.1) is 0 Å². The molecule has 150 valence electrons. The van der Waals surface area contributed by atoms with Crippen LogP contribution in [0.5, 0.6) is 17.2 Å². The highest BCUT2D eigenvalue weighted by Gasteiger charge is 2.35. The van der Waals surface area contributed by atoms with E-state index in [9.17, 15) is 9.59 Å². The summed E-state index contributed by atoms with van der Waals surface area (Å²) in [5, 5.41) is 8.93. The van der Waals surface area contributed by atoms with E-state index in [1.54, 1.807) is 48.5 Å². The van der Waals surface area contributed by atoms with Crippen molar-refractivity contribution in [2.24, 2.45) is 0 Å². The lowest BCUT2D eigenvalue weighted by atomic mass is 10.1. The molecule has 1 aliphatic rings. The smallest absolute Gasteiger partial charge is 0.341 e. The van der Waals surface area contributed by atoms with E-state index in [1.807, 2.05) is 0 Å². The van der Waals surface area contributed by atoms with Gasteiger partial charge >= 0.3 is 5.97 Å². The van der Waals surface area contributed by atoms with E-state index in [0.717, 1.165) is 11.8 Å². The molecule has 1 heterocycles. The van der Waals surface area contributed by atoms with Crippen LogP contribution in [0.1, 0.15) is 5.56 Å². The van der Waals surface area contributed by atoms with E-state index < -0.39 is 12.6 Å². The van der Waals surface area contributed by atoms with Crippen LogP contribution in [0.2, 0.25) is 0 Å². The SMILES string of the molecule is COc1ccccc1N1C(=O)/C(=C\c2cccc(OC)c2OCC(=O)O)SC1=S. The zero-order valence-corrected chi connectivity index (χ0v) is 17.2. The molecule has 29 heavy (non-hydrogen) atoms. The number of ether oxygens (including phenoxy) is 3. The van der Waals surface area contributed by atoms with Crippen molar-refractivity contribution in [1.82, 2.24) is 0 Å². The summed E-state index contributed by atoms with van der Waals surface area (Å²) in [7, 11) is 2.97. The molecule has 3 rings (SSSR count). The summed E-state index contributed by atoms with van der Waals surface area (Å²) in [4.78, 5) is 25.7.